The van der Waals surface area contributed by atoms with E-state index in [9.17, 15) is 13.9 Å². The Hall–Kier alpha value is -1.30. The summed E-state index contributed by atoms with van der Waals surface area (Å²) in [5.74, 6) is -1.90. The molecular weight excluding hydrogens is 268 g/mol. The lowest BCUT2D eigenvalue weighted by atomic mass is 9.91. The van der Waals surface area contributed by atoms with Crippen molar-refractivity contribution in [3.8, 4) is 0 Å². The summed E-state index contributed by atoms with van der Waals surface area (Å²) in [6, 6.07) is 5.22. The molecule has 3 N–H and O–H groups in total. The van der Waals surface area contributed by atoms with Crippen LogP contribution in [0.4, 0.5) is 8.78 Å². The van der Waals surface area contributed by atoms with E-state index in [0.29, 0.717) is 0 Å². The Balaban J connectivity index is 2.37. The Kier molecular flexibility index (Phi) is 4.29. The largest absolute Gasteiger partial charge is 0.387 e. The van der Waals surface area contributed by atoms with E-state index >= 15 is 0 Å². The van der Waals surface area contributed by atoms with Gasteiger partial charge < -0.3 is 10.8 Å². The summed E-state index contributed by atoms with van der Waals surface area (Å²) < 4.78 is 26.7. The Morgan fingerprint density at radius 1 is 1.32 bits per heavy atom. The molecule has 0 amide bonds. The zero-order valence-electron chi connectivity index (χ0n) is 10.4. The number of halogens is 2. The highest BCUT2D eigenvalue weighted by Crippen LogP contribution is 2.35. The van der Waals surface area contributed by atoms with Crippen LogP contribution >= 0.6 is 11.3 Å². The first-order chi connectivity index (χ1) is 9.04. The van der Waals surface area contributed by atoms with Crippen LogP contribution in [0.15, 0.2) is 29.6 Å². The maximum absolute atomic E-state index is 13.8. The van der Waals surface area contributed by atoms with Gasteiger partial charge in [-0.3, -0.25) is 0 Å². The highest BCUT2D eigenvalue weighted by Gasteiger charge is 2.26. The minimum Gasteiger partial charge on any atom is -0.387 e. The molecule has 19 heavy (non-hydrogen) atoms. The zero-order chi connectivity index (χ0) is 14.0. The first-order valence-corrected chi connectivity index (χ1v) is 6.79. The van der Waals surface area contributed by atoms with E-state index in [2.05, 4.69) is 0 Å². The molecule has 2 nitrogen and oxygen atoms in total. The molecule has 1 aromatic carbocycles. The second kappa shape index (κ2) is 5.77. The molecule has 0 spiro atoms. The molecule has 2 unspecified atom stereocenters. The van der Waals surface area contributed by atoms with Crippen molar-refractivity contribution in [3.63, 3.8) is 0 Å². The first-order valence-electron chi connectivity index (χ1n) is 5.91. The van der Waals surface area contributed by atoms with Crippen molar-refractivity contribution >= 4 is 11.3 Å². The Morgan fingerprint density at radius 2 is 2.05 bits per heavy atom. The van der Waals surface area contributed by atoms with Crippen LogP contribution in [0, 0.1) is 18.6 Å². The van der Waals surface area contributed by atoms with E-state index < -0.39 is 23.7 Å². The van der Waals surface area contributed by atoms with Crippen LogP contribution in [0.2, 0.25) is 0 Å². The fourth-order valence-electron chi connectivity index (χ4n) is 2.10. The van der Waals surface area contributed by atoms with Gasteiger partial charge in [0.05, 0.1) is 6.10 Å². The van der Waals surface area contributed by atoms with E-state index in [0.717, 1.165) is 16.5 Å². The van der Waals surface area contributed by atoms with Crippen LogP contribution in [0.5, 0.6) is 0 Å². The van der Waals surface area contributed by atoms with Gasteiger partial charge in [-0.1, -0.05) is 6.07 Å². The van der Waals surface area contributed by atoms with E-state index in [1.165, 1.54) is 23.5 Å². The summed E-state index contributed by atoms with van der Waals surface area (Å²) in [5.41, 5.74) is 6.84. The number of benzene rings is 1. The smallest absolute Gasteiger partial charge is 0.129 e. The van der Waals surface area contributed by atoms with E-state index in [1.54, 1.807) is 0 Å². The number of rotatable bonds is 4. The lowest BCUT2D eigenvalue weighted by Gasteiger charge is -2.22. The summed E-state index contributed by atoms with van der Waals surface area (Å²) in [5, 5.41) is 12.2. The van der Waals surface area contributed by atoms with Gasteiger partial charge in [0.25, 0.3) is 0 Å². The third-order valence-electron chi connectivity index (χ3n) is 3.17. The summed E-state index contributed by atoms with van der Waals surface area (Å²) >= 11 is 1.40. The molecule has 2 aromatic rings. The number of hydrogen-bond acceptors (Lipinski definition) is 3. The first kappa shape index (κ1) is 14.1. The van der Waals surface area contributed by atoms with Crippen LogP contribution < -0.4 is 5.73 Å². The Bertz CT molecular complexity index is 570. The van der Waals surface area contributed by atoms with E-state index in [4.69, 9.17) is 5.73 Å². The van der Waals surface area contributed by atoms with Gasteiger partial charge >= 0.3 is 0 Å². The van der Waals surface area contributed by atoms with Gasteiger partial charge in [0, 0.05) is 23.4 Å². The van der Waals surface area contributed by atoms with Crippen molar-refractivity contribution in [1.82, 2.24) is 0 Å². The van der Waals surface area contributed by atoms with E-state index in [1.807, 2.05) is 18.4 Å². The number of aliphatic hydroxyl groups excluding tert-OH is 1. The Morgan fingerprint density at radius 3 is 2.58 bits per heavy atom. The normalized spacial score (nSPS) is 14.4. The fraction of sp³-hybridized carbons (Fsp3) is 0.286. The minimum absolute atomic E-state index is 0.0844. The minimum atomic E-state index is -0.884. The van der Waals surface area contributed by atoms with Crippen molar-refractivity contribution < 1.29 is 13.9 Å². The predicted molar refractivity (Wildman–Crippen MR) is 72.2 cm³/mol. The molecule has 0 aliphatic rings. The molecule has 2 rings (SSSR count). The molecular formula is C14H15F2NOS. The number of aliphatic hydroxyl groups is 1. The molecule has 0 radical (unpaired) electrons. The second-order valence-corrected chi connectivity index (χ2v) is 5.37. The lowest BCUT2D eigenvalue weighted by Crippen LogP contribution is -2.21. The molecule has 1 aromatic heterocycles. The molecule has 0 aliphatic carbocycles. The standard InChI is InChI=1S/C14H15F2NOS/c1-8-4-5-19-14(8)13(18)11(7-17)10-3-2-9(15)6-12(10)16/h2-6,11,13,18H,7,17H2,1H3. The van der Waals surface area contributed by atoms with Gasteiger partial charge in [-0.05, 0) is 35.6 Å². The van der Waals surface area contributed by atoms with Crippen LogP contribution in [0.1, 0.15) is 28.0 Å². The van der Waals surface area contributed by atoms with Crippen molar-refractivity contribution in [2.75, 3.05) is 6.54 Å². The molecule has 102 valence electrons. The third kappa shape index (κ3) is 2.83. The van der Waals surface area contributed by atoms with Gasteiger partial charge in [-0.2, -0.15) is 0 Å². The van der Waals surface area contributed by atoms with Crippen molar-refractivity contribution in [2.24, 2.45) is 5.73 Å². The highest BCUT2D eigenvalue weighted by atomic mass is 32.1. The van der Waals surface area contributed by atoms with Crippen molar-refractivity contribution in [1.29, 1.82) is 0 Å². The predicted octanol–water partition coefficient (Wildman–Crippen LogP) is 3.11. The van der Waals surface area contributed by atoms with E-state index in [-0.39, 0.29) is 12.1 Å². The monoisotopic (exact) mass is 283 g/mol. The van der Waals surface area contributed by atoms with Crippen molar-refractivity contribution in [3.05, 3.63) is 57.3 Å². The number of hydrogen-bond donors (Lipinski definition) is 2. The molecule has 0 bridgehead atoms. The molecule has 0 saturated heterocycles. The summed E-state index contributed by atoms with van der Waals surface area (Å²) in [6.07, 6.45) is -0.884. The highest BCUT2D eigenvalue weighted by molar-refractivity contribution is 7.10. The number of nitrogens with two attached hydrogens (primary N) is 1. The quantitative estimate of drug-likeness (QED) is 0.905. The summed E-state index contributed by atoms with van der Waals surface area (Å²) in [6.45, 7) is 1.96. The van der Waals surface area contributed by atoms with Crippen LogP contribution in [-0.4, -0.2) is 11.7 Å². The zero-order valence-corrected chi connectivity index (χ0v) is 11.3. The van der Waals surface area contributed by atoms with Gasteiger partial charge in [-0.15, -0.1) is 11.3 Å². The molecule has 0 fully saturated rings. The van der Waals surface area contributed by atoms with Gasteiger partial charge in [0.15, 0.2) is 0 Å². The molecule has 0 aliphatic heterocycles. The average molecular weight is 283 g/mol. The fourth-order valence-corrected chi connectivity index (χ4v) is 3.07. The average Bonchev–Trinajstić information content (AvgIpc) is 2.78. The molecule has 1 heterocycles. The number of thiophene rings is 1. The van der Waals surface area contributed by atoms with Gasteiger partial charge in [0.1, 0.15) is 11.6 Å². The van der Waals surface area contributed by atoms with Crippen LogP contribution in [0.25, 0.3) is 0 Å². The van der Waals surface area contributed by atoms with Crippen molar-refractivity contribution in [2.45, 2.75) is 18.9 Å². The topological polar surface area (TPSA) is 46.2 Å². The molecule has 5 heteroatoms. The van der Waals surface area contributed by atoms with Crippen LogP contribution in [0.3, 0.4) is 0 Å². The summed E-state index contributed by atoms with van der Waals surface area (Å²) in [7, 11) is 0. The molecule has 0 saturated carbocycles. The maximum atomic E-state index is 13.8. The summed E-state index contributed by atoms with van der Waals surface area (Å²) in [4.78, 5) is 0.763. The maximum Gasteiger partial charge on any atom is 0.129 e. The SMILES string of the molecule is Cc1ccsc1C(O)C(CN)c1ccc(F)cc1F. The van der Waals surface area contributed by atoms with Crippen LogP contribution in [-0.2, 0) is 0 Å². The Labute approximate surface area is 114 Å². The van der Waals surface area contributed by atoms with Gasteiger partial charge in [-0.25, -0.2) is 8.78 Å². The lowest BCUT2D eigenvalue weighted by molar-refractivity contribution is 0.148. The third-order valence-corrected chi connectivity index (χ3v) is 4.26. The van der Waals surface area contributed by atoms with Gasteiger partial charge in [0.2, 0.25) is 0 Å². The number of aryl methyl sites for hydroxylation is 1. The second-order valence-electron chi connectivity index (χ2n) is 4.42. The molecule has 2 atom stereocenters.